The number of fused-ring (bicyclic) bond motifs is 1. The summed E-state index contributed by atoms with van der Waals surface area (Å²) in [5.74, 6) is 0.812. The zero-order valence-corrected chi connectivity index (χ0v) is 23.6. The van der Waals surface area contributed by atoms with Gasteiger partial charge in [-0.25, -0.2) is 13.8 Å². The Morgan fingerprint density at radius 2 is 1.57 bits per heavy atom. The zero-order valence-electron chi connectivity index (χ0n) is 23.6. The van der Waals surface area contributed by atoms with Crippen LogP contribution in [0, 0.1) is 0 Å². The van der Waals surface area contributed by atoms with E-state index in [-0.39, 0.29) is 23.5 Å². The van der Waals surface area contributed by atoms with Gasteiger partial charge in [-0.3, -0.25) is 14.3 Å². The number of ether oxygens (including phenoxy) is 2. The summed E-state index contributed by atoms with van der Waals surface area (Å²) in [7, 11) is 0. The normalized spacial score (nSPS) is 21.7. The molecule has 1 aromatic carbocycles. The van der Waals surface area contributed by atoms with Gasteiger partial charge in [-0.15, -0.1) is 0 Å². The highest BCUT2D eigenvalue weighted by Crippen LogP contribution is 2.41. The third-order valence-electron chi connectivity index (χ3n) is 8.87. The number of halogens is 2. The number of carbonyl (C=O) groups is 1. The number of anilines is 2. The van der Waals surface area contributed by atoms with Crippen LogP contribution in [0.15, 0.2) is 30.3 Å². The highest BCUT2D eigenvalue weighted by molar-refractivity contribution is 5.92. The molecule has 13 heteroatoms. The van der Waals surface area contributed by atoms with Crippen LogP contribution >= 0.6 is 0 Å². The van der Waals surface area contributed by atoms with Crippen molar-refractivity contribution in [3.05, 3.63) is 36.2 Å². The van der Waals surface area contributed by atoms with Gasteiger partial charge in [0.15, 0.2) is 5.82 Å². The number of nitrogens with one attached hydrogen (secondary N) is 1. The molecule has 0 spiro atoms. The number of benzene rings is 1. The molecule has 11 nitrogen and oxygen atoms in total. The Kier molecular flexibility index (Phi) is 7.40. The maximum atomic E-state index is 14.2. The number of carbonyl (C=O) groups excluding carboxylic acids is 1. The molecule has 224 valence electrons. The molecule has 1 saturated carbocycles. The number of piperidine rings is 1. The van der Waals surface area contributed by atoms with Gasteiger partial charge in [0.05, 0.1) is 37.5 Å². The van der Waals surface area contributed by atoms with Crippen LogP contribution in [0.3, 0.4) is 0 Å². The van der Waals surface area contributed by atoms with E-state index in [1.165, 1.54) is 4.57 Å². The SMILES string of the molecule is O=C(N1CCC(N2CCOCC2)CC1)C1(Nc2nc(N3CCOCC3)cc(-n3c(C(F)F)nc4ccccc43)n2)CC1. The van der Waals surface area contributed by atoms with Crippen molar-refractivity contribution in [3.63, 3.8) is 0 Å². The van der Waals surface area contributed by atoms with Crippen LogP contribution in [0.2, 0.25) is 0 Å². The molecule has 1 amide bonds. The summed E-state index contributed by atoms with van der Waals surface area (Å²) < 4.78 is 40.9. The first-order valence-electron chi connectivity index (χ1n) is 14.9. The highest BCUT2D eigenvalue weighted by atomic mass is 19.3. The van der Waals surface area contributed by atoms with Gasteiger partial charge >= 0.3 is 0 Å². The van der Waals surface area contributed by atoms with E-state index in [4.69, 9.17) is 19.4 Å². The second-order valence-electron chi connectivity index (χ2n) is 11.5. The van der Waals surface area contributed by atoms with E-state index in [9.17, 15) is 13.6 Å². The van der Waals surface area contributed by atoms with Crippen LogP contribution < -0.4 is 10.2 Å². The Hall–Kier alpha value is -3.42. The number of nitrogens with zero attached hydrogens (tertiary/aromatic N) is 7. The largest absolute Gasteiger partial charge is 0.379 e. The molecule has 3 aromatic rings. The summed E-state index contributed by atoms with van der Waals surface area (Å²) in [5.41, 5.74) is 0.212. The fourth-order valence-corrected chi connectivity index (χ4v) is 6.39. The van der Waals surface area contributed by atoms with Crippen molar-refractivity contribution in [1.29, 1.82) is 0 Å². The summed E-state index contributed by atoms with van der Waals surface area (Å²) >= 11 is 0. The van der Waals surface area contributed by atoms with E-state index in [1.54, 1.807) is 30.3 Å². The van der Waals surface area contributed by atoms with E-state index >= 15 is 0 Å². The van der Waals surface area contributed by atoms with Crippen molar-refractivity contribution >= 4 is 28.7 Å². The standard InChI is InChI=1S/C29H36F2N8O3/c30-25(31)26-32-21-3-1-2-4-22(21)39(26)24-19-23(37-13-17-42-18-14-37)33-28(34-24)35-29(7-8-29)27(40)38-9-5-20(6-10-38)36-11-15-41-16-12-36/h1-4,19-20,25H,5-18H2,(H,33,34,35). The molecule has 0 unspecified atom stereocenters. The van der Waals surface area contributed by atoms with E-state index in [2.05, 4.69) is 20.1 Å². The van der Waals surface area contributed by atoms with Gasteiger partial charge in [-0.05, 0) is 37.8 Å². The molecule has 4 fully saturated rings. The van der Waals surface area contributed by atoms with E-state index in [1.807, 2.05) is 4.90 Å². The van der Waals surface area contributed by atoms with Gasteiger partial charge in [0.25, 0.3) is 6.43 Å². The number of amides is 1. The summed E-state index contributed by atoms with van der Waals surface area (Å²) in [4.78, 5) is 34.0. The lowest BCUT2D eigenvalue weighted by Gasteiger charge is -2.41. The number of morpholine rings is 2. The van der Waals surface area contributed by atoms with Gasteiger partial charge in [-0.1, -0.05) is 12.1 Å². The van der Waals surface area contributed by atoms with Crippen LogP contribution in [0.5, 0.6) is 0 Å². The maximum absolute atomic E-state index is 14.2. The predicted octanol–water partition coefficient (Wildman–Crippen LogP) is 2.86. The number of hydrogen-bond donors (Lipinski definition) is 1. The smallest absolute Gasteiger partial charge is 0.296 e. The second kappa shape index (κ2) is 11.3. The van der Waals surface area contributed by atoms with Crippen molar-refractivity contribution in [2.45, 2.75) is 43.7 Å². The van der Waals surface area contributed by atoms with Crippen molar-refractivity contribution in [1.82, 2.24) is 29.3 Å². The first-order chi connectivity index (χ1) is 20.5. The van der Waals surface area contributed by atoms with Gasteiger partial charge in [0, 0.05) is 51.4 Å². The third-order valence-corrected chi connectivity index (χ3v) is 8.87. The van der Waals surface area contributed by atoms with E-state index in [0.29, 0.717) is 75.1 Å². The molecule has 0 bridgehead atoms. The molecule has 1 aliphatic carbocycles. The maximum Gasteiger partial charge on any atom is 0.296 e. The fourth-order valence-electron chi connectivity index (χ4n) is 6.39. The lowest BCUT2D eigenvalue weighted by molar-refractivity contribution is -0.134. The Balaban J connectivity index is 1.17. The van der Waals surface area contributed by atoms with Gasteiger partial charge in [-0.2, -0.15) is 9.97 Å². The van der Waals surface area contributed by atoms with Crippen molar-refractivity contribution in [2.75, 3.05) is 75.9 Å². The van der Waals surface area contributed by atoms with Crippen molar-refractivity contribution in [2.24, 2.45) is 0 Å². The monoisotopic (exact) mass is 582 g/mol. The molecule has 7 rings (SSSR count). The summed E-state index contributed by atoms with van der Waals surface area (Å²) in [5, 5.41) is 3.36. The molecule has 0 atom stereocenters. The number of alkyl halides is 2. The van der Waals surface area contributed by atoms with Crippen LogP contribution in [0.25, 0.3) is 16.9 Å². The molecule has 5 heterocycles. The first-order valence-corrected chi connectivity index (χ1v) is 14.9. The molecule has 0 radical (unpaired) electrons. The van der Waals surface area contributed by atoms with E-state index < -0.39 is 12.0 Å². The average Bonchev–Trinajstić information content (AvgIpc) is 3.71. The number of aromatic nitrogens is 4. The van der Waals surface area contributed by atoms with E-state index in [0.717, 1.165) is 39.1 Å². The average molecular weight is 583 g/mol. The summed E-state index contributed by atoms with van der Waals surface area (Å²) in [6.07, 6.45) is 0.434. The highest BCUT2D eigenvalue weighted by Gasteiger charge is 2.53. The molecular formula is C29H36F2N8O3. The van der Waals surface area contributed by atoms with Gasteiger partial charge in [0.2, 0.25) is 11.9 Å². The molecule has 3 saturated heterocycles. The predicted molar refractivity (Wildman–Crippen MR) is 152 cm³/mol. The molecule has 1 N–H and O–H groups in total. The van der Waals surface area contributed by atoms with Crippen molar-refractivity contribution in [3.8, 4) is 5.82 Å². The lowest BCUT2D eigenvalue weighted by Crippen LogP contribution is -2.53. The number of hydrogen-bond acceptors (Lipinski definition) is 9. The second-order valence-corrected chi connectivity index (χ2v) is 11.5. The minimum Gasteiger partial charge on any atom is -0.379 e. The molecule has 2 aromatic heterocycles. The Bertz CT molecular complexity index is 1430. The quantitative estimate of drug-likeness (QED) is 0.451. The van der Waals surface area contributed by atoms with Gasteiger partial charge in [0.1, 0.15) is 17.2 Å². The zero-order chi connectivity index (χ0) is 28.7. The Labute approximate surface area is 242 Å². The third kappa shape index (κ3) is 5.29. The number of likely N-dealkylation sites (tertiary alicyclic amines) is 1. The first kappa shape index (κ1) is 27.4. The number of imidazole rings is 1. The number of rotatable bonds is 7. The van der Waals surface area contributed by atoms with Gasteiger partial charge < -0.3 is 24.6 Å². The minimum atomic E-state index is -2.80. The minimum absolute atomic E-state index is 0.0613. The van der Waals surface area contributed by atoms with Crippen LogP contribution in [-0.4, -0.2) is 113 Å². The summed E-state index contributed by atoms with van der Waals surface area (Å²) in [6, 6.07) is 9.22. The molecule has 4 aliphatic rings. The van der Waals surface area contributed by atoms with Crippen molar-refractivity contribution < 1.29 is 23.0 Å². The van der Waals surface area contributed by atoms with Crippen LogP contribution in [0.1, 0.15) is 37.9 Å². The molecule has 42 heavy (non-hydrogen) atoms. The molecular weight excluding hydrogens is 546 g/mol. The van der Waals surface area contributed by atoms with Crippen LogP contribution in [0.4, 0.5) is 20.5 Å². The Morgan fingerprint density at radius 1 is 0.905 bits per heavy atom. The Morgan fingerprint density at radius 3 is 2.26 bits per heavy atom. The molecule has 3 aliphatic heterocycles. The summed E-state index contributed by atoms with van der Waals surface area (Å²) in [6.45, 7) is 7.17. The van der Waals surface area contributed by atoms with Crippen LogP contribution in [-0.2, 0) is 14.3 Å². The fraction of sp³-hybridized carbons (Fsp3) is 0.586. The number of para-hydroxylation sites is 2. The topological polar surface area (TPSA) is 101 Å². The lowest BCUT2D eigenvalue weighted by atomic mass is 10.0.